The van der Waals surface area contributed by atoms with Crippen LogP contribution in [0.4, 0.5) is 14.5 Å². The minimum Gasteiger partial charge on any atom is -0.494 e. The molecule has 4 rings (SSSR count). The number of anilines is 1. The maximum Gasteiger partial charge on any atom is 0.123 e. The van der Waals surface area contributed by atoms with Crippen molar-refractivity contribution in [2.75, 3.05) is 44.2 Å². The second kappa shape index (κ2) is 11.1. The SMILES string of the molecule is Fc1ccc(Cc2ccc(N3CCN(CCCCOc4ccc(F)cc4)CC3)cc2)cc1. The van der Waals surface area contributed by atoms with Gasteiger partial charge in [0, 0.05) is 31.9 Å². The number of hydrogen-bond donors (Lipinski definition) is 0. The number of halogens is 2. The van der Waals surface area contributed by atoms with Gasteiger partial charge in [0.05, 0.1) is 6.61 Å². The van der Waals surface area contributed by atoms with Gasteiger partial charge < -0.3 is 9.64 Å². The molecule has 0 atom stereocenters. The summed E-state index contributed by atoms with van der Waals surface area (Å²) in [4.78, 5) is 4.95. The van der Waals surface area contributed by atoms with Crippen molar-refractivity contribution in [2.24, 2.45) is 0 Å². The molecular weight excluding hydrogens is 406 g/mol. The van der Waals surface area contributed by atoms with Crippen LogP contribution in [-0.2, 0) is 6.42 Å². The van der Waals surface area contributed by atoms with Gasteiger partial charge >= 0.3 is 0 Å². The normalized spacial score (nSPS) is 14.5. The summed E-state index contributed by atoms with van der Waals surface area (Å²) in [7, 11) is 0. The summed E-state index contributed by atoms with van der Waals surface area (Å²) in [5.74, 6) is 0.294. The number of nitrogens with zero attached hydrogens (tertiary/aromatic N) is 2. The number of hydrogen-bond acceptors (Lipinski definition) is 3. The molecule has 5 heteroatoms. The number of unbranched alkanes of at least 4 members (excludes halogenated alkanes) is 1. The van der Waals surface area contributed by atoms with Crippen LogP contribution in [0.2, 0.25) is 0 Å². The van der Waals surface area contributed by atoms with Gasteiger partial charge in [-0.05, 0) is 85.5 Å². The molecule has 0 saturated carbocycles. The lowest BCUT2D eigenvalue weighted by Gasteiger charge is -2.36. The van der Waals surface area contributed by atoms with Gasteiger partial charge in [-0.3, -0.25) is 4.90 Å². The van der Waals surface area contributed by atoms with E-state index in [1.165, 1.54) is 35.5 Å². The first kappa shape index (κ1) is 22.3. The number of benzene rings is 3. The van der Waals surface area contributed by atoms with E-state index in [1.54, 1.807) is 12.1 Å². The zero-order valence-electron chi connectivity index (χ0n) is 18.4. The van der Waals surface area contributed by atoms with Gasteiger partial charge in [-0.1, -0.05) is 24.3 Å². The predicted molar refractivity (Wildman–Crippen MR) is 125 cm³/mol. The molecule has 0 radical (unpaired) electrons. The van der Waals surface area contributed by atoms with Crippen molar-refractivity contribution < 1.29 is 13.5 Å². The Bertz CT molecular complexity index is 950. The highest BCUT2D eigenvalue weighted by atomic mass is 19.1. The Balaban J connectivity index is 1.14. The van der Waals surface area contributed by atoms with Gasteiger partial charge in [-0.15, -0.1) is 0 Å². The van der Waals surface area contributed by atoms with Gasteiger partial charge in [0.2, 0.25) is 0 Å². The largest absolute Gasteiger partial charge is 0.494 e. The van der Waals surface area contributed by atoms with E-state index >= 15 is 0 Å². The van der Waals surface area contributed by atoms with Crippen molar-refractivity contribution in [1.82, 2.24) is 4.90 Å². The zero-order chi connectivity index (χ0) is 22.2. The Kier molecular flexibility index (Phi) is 7.73. The van der Waals surface area contributed by atoms with Crippen LogP contribution in [0.25, 0.3) is 0 Å². The number of ether oxygens (including phenoxy) is 1. The van der Waals surface area contributed by atoms with Crippen molar-refractivity contribution >= 4 is 5.69 Å². The molecule has 0 bridgehead atoms. The van der Waals surface area contributed by atoms with Crippen LogP contribution in [-0.4, -0.2) is 44.2 Å². The highest BCUT2D eigenvalue weighted by molar-refractivity contribution is 5.48. The van der Waals surface area contributed by atoms with Crippen LogP contribution in [0.15, 0.2) is 72.8 Å². The summed E-state index contributed by atoms with van der Waals surface area (Å²) >= 11 is 0. The Labute approximate surface area is 189 Å². The van der Waals surface area contributed by atoms with Gasteiger partial charge in [-0.25, -0.2) is 8.78 Å². The lowest BCUT2D eigenvalue weighted by atomic mass is 10.0. The molecule has 0 unspecified atom stereocenters. The molecule has 1 heterocycles. The van der Waals surface area contributed by atoms with E-state index in [0.717, 1.165) is 63.3 Å². The second-order valence-electron chi connectivity index (χ2n) is 8.31. The lowest BCUT2D eigenvalue weighted by Crippen LogP contribution is -2.46. The van der Waals surface area contributed by atoms with Gasteiger partial charge in [-0.2, -0.15) is 0 Å². The quantitative estimate of drug-likeness (QED) is 0.410. The van der Waals surface area contributed by atoms with Gasteiger partial charge in [0.25, 0.3) is 0 Å². The molecule has 0 N–H and O–H groups in total. The summed E-state index contributed by atoms with van der Waals surface area (Å²) in [5.41, 5.74) is 3.62. The highest BCUT2D eigenvalue weighted by Gasteiger charge is 2.16. The van der Waals surface area contributed by atoms with E-state index in [0.29, 0.717) is 6.61 Å². The second-order valence-corrected chi connectivity index (χ2v) is 8.31. The molecule has 3 aromatic rings. The van der Waals surface area contributed by atoms with Crippen LogP contribution in [0.5, 0.6) is 5.75 Å². The van der Waals surface area contributed by atoms with Gasteiger partial charge in [0.15, 0.2) is 0 Å². The fourth-order valence-electron chi connectivity index (χ4n) is 4.05. The third-order valence-electron chi connectivity index (χ3n) is 5.95. The minimum atomic E-state index is -0.238. The van der Waals surface area contributed by atoms with Crippen molar-refractivity contribution in [3.63, 3.8) is 0 Å². The molecule has 0 spiro atoms. The maximum absolute atomic E-state index is 13.1. The van der Waals surface area contributed by atoms with Crippen LogP contribution in [0.1, 0.15) is 24.0 Å². The van der Waals surface area contributed by atoms with E-state index in [4.69, 9.17) is 4.74 Å². The van der Waals surface area contributed by atoms with Crippen molar-refractivity contribution in [3.8, 4) is 5.75 Å². The standard InChI is InChI=1S/C27H30F2N2O/c28-24-7-3-22(4-8-24)21-23-5-11-26(12-6-23)31-18-16-30(17-19-31)15-1-2-20-32-27-13-9-25(29)10-14-27/h3-14H,1-2,15-21H2. The van der Waals surface area contributed by atoms with Crippen LogP contribution < -0.4 is 9.64 Å². The Morgan fingerprint density at radius 2 is 1.22 bits per heavy atom. The minimum absolute atomic E-state index is 0.193. The Morgan fingerprint density at radius 3 is 1.84 bits per heavy atom. The van der Waals surface area contributed by atoms with E-state index in [9.17, 15) is 8.78 Å². The third kappa shape index (κ3) is 6.54. The fraction of sp³-hybridized carbons (Fsp3) is 0.333. The molecule has 3 aromatic carbocycles. The van der Waals surface area contributed by atoms with Crippen molar-refractivity contribution in [2.45, 2.75) is 19.3 Å². The summed E-state index contributed by atoms with van der Waals surface area (Å²) in [6.45, 7) is 5.94. The van der Waals surface area contributed by atoms with Crippen LogP contribution in [0.3, 0.4) is 0 Å². The van der Waals surface area contributed by atoms with E-state index in [-0.39, 0.29) is 11.6 Å². The average molecular weight is 437 g/mol. The predicted octanol–water partition coefficient (Wildman–Crippen LogP) is 5.54. The number of rotatable bonds is 9. The third-order valence-corrected chi connectivity index (χ3v) is 5.95. The summed E-state index contributed by atoms with van der Waals surface area (Å²) < 4.78 is 31.6. The summed E-state index contributed by atoms with van der Waals surface area (Å²) in [6.07, 6.45) is 2.91. The summed E-state index contributed by atoms with van der Waals surface area (Å²) in [5, 5.41) is 0. The number of piperazine rings is 1. The molecule has 1 aliphatic rings. The van der Waals surface area contributed by atoms with Crippen LogP contribution in [0, 0.1) is 11.6 Å². The average Bonchev–Trinajstić information content (AvgIpc) is 2.82. The molecular formula is C27H30F2N2O. The smallest absolute Gasteiger partial charge is 0.123 e. The van der Waals surface area contributed by atoms with Crippen LogP contribution >= 0.6 is 0 Å². The van der Waals surface area contributed by atoms with E-state index in [1.807, 2.05) is 12.1 Å². The molecule has 0 amide bonds. The maximum atomic E-state index is 13.1. The molecule has 0 aromatic heterocycles. The molecule has 0 aliphatic carbocycles. The first-order chi connectivity index (χ1) is 15.7. The Hall–Kier alpha value is -2.92. The molecule has 3 nitrogen and oxygen atoms in total. The van der Waals surface area contributed by atoms with Gasteiger partial charge in [0.1, 0.15) is 17.4 Å². The molecule has 168 valence electrons. The fourth-order valence-corrected chi connectivity index (χ4v) is 4.05. The topological polar surface area (TPSA) is 15.7 Å². The zero-order valence-corrected chi connectivity index (χ0v) is 18.4. The molecule has 1 aliphatic heterocycles. The monoisotopic (exact) mass is 436 g/mol. The molecule has 32 heavy (non-hydrogen) atoms. The van der Waals surface area contributed by atoms with Crippen molar-refractivity contribution in [3.05, 3.63) is 95.6 Å². The Morgan fingerprint density at radius 1 is 0.656 bits per heavy atom. The first-order valence-corrected chi connectivity index (χ1v) is 11.3. The highest BCUT2D eigenvalue weighted by Crippen LogP contribution is 2.19. The van der Waals surface area contributed by atoms with Crippen molar-refractivity contribution in [1.29, 1.82) is 0 Å². The van der Waals surface area contributed by atoms with E-state index < -0.39 is 0 Å². The first-order valence-electron chi connectivity index (χ1n) is 11.3. The summed E-state index contributed by atoms with van der Waals surface area (Å²) in [6, 6.07) is 21.6. The lowest BCUT2D eigenvalue weighted by molar-refractivity contribution is 0.238. The van der Waals surface area contributed by atoms with E-state index in [2.05, 4.69) is 34.1 Å². The molecule has 1 fully saturated rings. The molecule has 1 saturated heterocycles.